The largest absolute Gasteiger partial charge is 0.480 e. The number of carboxylic acid groups (broad SMARTS) is 1. The van der Waals surface area contributed by atoms with Crippen molar-refractivity contribution >= 4 is 5.97 Å². The monoisotopic (exact) mass is 285 g/mol. The molecule has 1 N–H and O–H groups in total. The average molecular weight is 285 g/mol. The Balaban J connectivity index is 1.96. The van der Waals surface area contributed by atoms with Crippen LogP contribution in [-0.2, 0) is 9.53 Å². The SMILES string of the molecule is CC(c1ccc(F)cc1F)N1CC(C)(OCC(=O)O)C1. The number of rotatable bonds is 5. The van der Waals surface area contributed by atoms with Crippen LogP contribution in [0.15, 0.2) is 18.2 Å². The van der Waals surface area contributed by atoms with E-state index in [2.05, 4.69) is 0 Å². The Morgan fingerprint density at radius 3 is 2.70 bits per heavy atom. The predicted molar refractivity (Wildman–Crippen MR) is 68.3 cm³/mol. The molecule has 0 saturated carbocycles. The first-order valence-corrected chi connectivity index (χ1v) is 6.35. The summed E-state index contributed by atoms with van der Waals surface area (Å²) in [5, 5.41) is 8.59. The van der Waals surface area contributed by atoms with Crippen molar-refractivity contribution in [3.8, 4) is 0 Å². The number of aliphatic carboxylic acids is 1. The standard InChI is InChI=1S/C14H17F2NO3/c1-9(11-4-3-10(15)5-12(11)16)17-7-14(2,8-17)20-6-13(18)19/h3-5,9H,6-8H2,1-2H3,(H,18,19). The molecular weight excluding hydrogens is 268 g/mol. The number of benzene rings is 1. The van der Waals surface area contributed by atoms with Crippen LogP contribution in [0.1, 0.15) is 25.5 Å². The van der Waals surface area contributed by atoms with Gasteiger partial charge in [0.05, 0.1) is 5.60 Å². The lowest BCUT2D eigenvalue weighted by Gasteiger charge is -2.50. The zero-order chi connectivity index (χ0) is 14.9. The first kappa shape index (κ1) is 14.9. The van der Waals surface area contributed by atoms with Gasteiger partial charge in [-0.05, 0) is 19.9 Å². The number of hydrogen-bond donors (Lipinski definition) is 1. The summed E-state index contributed by atoms with van der Waals surface area (Å²) in [5.41, 5.74) is -0.102. The van der Waals surface area contributed by atoms with Crippen molar-refractivity contribution in [2.75, 3.05) is 19.7 Å². The Labute approximate surface area is 116 Å². The van der Waals surface area contributed by atoms with Crippen LogP contribution in [0.2, 0.25) is 0 Å². The normalized spacial score (nSPS) is 19.4. The molecule has 6 heteroatoms. The molecule has 1 atom stereocenters. The third-order valence-corrected chi connectivity index (χ3v) is 3.58. The molecule has 20 heavy (non-hydrogen) atoms. The highest BCUT2D eigenvalue weighted by Crippen LogP contribution is 2.34. The summed E-state index contributed by atoms with van der Waals surface area (Å²) in [6.45, 7) is 4.33. The fourth-order valence-corrected chi connectivity index (χ4v) is 2.45. The van der Waals surface area contributed by atoms with Gasteiger partial charge in [0.25, 0.3) is 0 Å². The third-order valence-electron chi connectivity index (χ3n) is 3.58. The van der Waals surface area contributed by atoms with Crippen molar-refractivity contribution in [2.24, 2.45) is 0 Å². The second-order valence-electron chi connectivity index (χ2n) is 5.38. The second-order valence-corrected chi connectivity index (χ2v) is 5.38. The Kier molecular flexibility index (Phi) is 4.06. The zero-order valence-electron chi connectivity index (χ0n) is 11.4. The maximum atomic E-state index is 13.7. The van der Waals surface area contributed by atoms with Gasteiger partial charge in [0, 0.05) is 30.8 Å². The Hall–Kier alpha value is -1.53. The van der Waals surface area contributed by atoms with E-state index >= 15 is 0 Å². The Morgan fingerprint density at radius 1 is 1.50 bits per heavy atom. The molecule has 1 aromatic carbocycles. The van der Waals surface area contributed by atoms with Crippen molar-refractivity contribution in [1.82, 2.24) is 4.90 Å². The molecule has 1 fully saturated rings. The van der Waals surface area contributed by atoms with Gasteiger partial charge in [-0.25, -0.2) is 13.6 Å². The summed E-state index contributed by atoms with van der Waals surface area (Å²) in [5.74, 6) is -2.18. The van der Waals surface area contributed by atoms with E-state index in [4.69, 9.17) is 9.84 Å². The number of nitrogens with zero attached hydrogens (tertiary/aromatic N) is 1. The van der Waals surface area contributed by atoms with Crippen LogP contribution in [-0.4, -0.2) is 41.3 Å². The topological polar surface area (TPSA) is 49.8 Å². The smallest absolute Gasteiger partial charge is 0.329 e. The molecule has 110 valence electrons. The van der Waals surface area contributed by atoms with Crippen LogP contribution in [0.4, 0.5) is 8.78 Å². The molecule has 0 amide bonds. The van der Waals surface area contributed by atoms with Crippen molar-refractivity contribution in [1.29, 1.82) is 0 Å². The quantitative estimate of drug-likeness (QED) is 0.901. The third kappa shape index (κ3) is 3.13. The molecule has 0 spiro atoms. The zero-order valence-corrected chi connectivity index (χ0v) is 11.4. The molecule has 1 aliphatic rings. The first-order valence-electron chi connectivity index (χ1n) is 6.35. The van der Waals surface area contributed by atoms with E-state index in [1.54, 1.807) is 0 Å². The Morgan fingerprint density at radius 2 is 2.15 bits per heavy atom. The highest BCUT2D eigenvalue weighted by atomic mass is 19.1. The van der Waals surface area contributed by atoms with E-state index in [-0.39, 0.29) is 12.6 Å². The number of halogens is 2. The van der Waals surface area contributed by atoms with Crippen LogP contribution < -0.4 is 0 Å². The number of carbonyl (C=O) groups is 1. The van der Waals surface area contributed by atoms with Crippen LogP contribution in [0.3, 0.4) is 0 Å². The lowest BCUT2D eigenvalue weighted by atomic mass is 9.92. The maximum Gasteiger partial charge on any atom is 0.329 e. The van der Waals surface area contributed by atoms with Crippen LogP contribution in [0, 0.1) is 11.6 Å². The highest BCUT2D eigenvalue weighted by molar-refractivity contribution is 5.68. The molecule has 1 heterocycles. The van der Waals surface area contributed by atoms with Gasteiger partial charge in [-0.2, -0.15) is 0 Å². The van der Waals surface area contributed by atoms with Crippen molar-refractivity contribution in [3.05, 3.63) is 35.4 Å². The fraction of sp³-hybridized carbons (Fsp3) is 0.500. The number of ether oxygens (including phenoxy) is 1. The van der Waals surface area contributed by atoms with E-state index in [9.17, 15) is 13.6 Å². The first-order chi connectivity index (χ1) is 9.31. The van der Waals surface area contributed by atoms with E-state index in [0.717, 1.165) is 6.07 Å². The van der Waals surface area contributed by atoms with E-state index in [1.807, 2.05) is 18.7 Å². The van der Waals surface area contributed by atoms with Gasteiger partial charge in [0.1, 0.15) is 18.2 Å². The number of hydrogen-bond acceptors (Lipinski definition) is 3. The molecule has 4 nitrogen and oxygen atoms in total. The van der Waals surface area contributed by atoms with E-state index < -0.39 is 23.2 Å². The average Bonchev–Trinajstić information content (AvgIpc) is 2.32. The molecule has 1 unspecified atom stereocenters. The molecule has 0 radical (unpaired) electrons. The minimum absolute atomic E-state index is 0.211. The number of likely N-dealkylation sites (tertiary alicyclic amines) is 1. The van der Waals surface area contributed by atoms with E-state index in [1.165, 1.54) is 12.1 Å². The van der Waals surface area contributed by atoms with Gasteiger partial charge in [-0.15, -0.1) is 0 Å². The van der Waals surface area contributed by atoms with Gasteiger partial charge in [-0.1, -0.05) is 6.07 Å². The lowest BCUT2D eigenvalue weighted by molar-refractivity contribution is -0.169. The summed E-state index contributed by atoms with van der Waals surface area (Å²) >= 11 is 0. The molecule has 0 aromatic heterocycles. The number of carboxylic acids is 1. The van der Waals surface area contributed by atoms with Crippen molar-refractivity contribution in [2.45, 2.75) is 25.5 Å². The molecular formula is C14H17F2NO3. The van der Waals surface area contributed by atoms with Crippen molar-refractivity contribution in [3.63, 3.8) is 0 Å². The fourth-order valence-electron chi connectivity index (χ4n) is 2.45. The molecule has 1 aliphatic heterocycles. The minimum atomic E-state index is -1.01. The summed E-state index contributed by atoms with van der Waals surface area (Å²) in [6, 6.07) is 3.32. The molecule has 1 aromatic rings. The van der Waals surface area contributed by atoms with Crippen molar-refractivity contribution < 1.29 is 23.4 Å². The second kappa shape index (κ2) is 5.46. The lowest BCUT2D eigenvalue weighted by Crippen LogP contribution is -2.62. The van der Waals surface area contributed by atoms with Crippen LogP contribution >= 0.6 is 0 Å². The van der Waals surface area contributed by atoms with Gasteiger partial charge < -0.3 is 9.84 Å². The summed E-state index contributed by atoms with van der Waals surface area (Å²) in [7, 11) is 0. The highest BCUT2D eigenvalue weighted by Gasteiger charge is 2.42. The molecule has 0 aliphatic carbocycles. The van der Waals surface area contributed by atoms with Crippen LogP contribution in [0.5, 0.6) is 0 Å². The van der Waals surface area contributed by atoms with Gasteiger partial charge in [0.2, 0.25) is 0 Å². The van der Waals surface area contributed by atoms with Crippen LogP contribution in [0.25, 0.3) is 0 Å². The predicted octanol–water partition coefficient (Wildman–Crippen LogP) is 2.20. The summed E-state index contributed by atoms with van der Waals surface area (Å²) < 4.78 is 31.9. The summed E-state index contributed by atoms with van der Waals surface area (Å²) in [4.78, 5) is 12.4. The van der Waals surface area contributed by atoms with Gasteiger partial charge in [-0.3, -0.25) is 4.90 Å². The van der Waals surface area contributed by atoms with E-state index in [0.29, 0.717) is 18.7 Å². The molecule has 2 rings (SSSR count). The maximum absolute atomic E-state index is 13.7. The Bertz CT molecular complexity index is 515. The molecule has 0 bridgehead atoms. The van der Waals surface area contributed by atoms with Gasteiger partial charge in [0.15, 0.2) is 0 Å². The minimum Gasteiger partial charge on any atom is -0.480 e. The van der Waals surface area contributed by atoms with Gasteiger partial charge >= 0.3 is 5.97 Å². The molecule has 1 saturated heterocycles. The summed E-state index contributed by atoms with van der Waals surface area (Å²) in [6.07, 6.45) is 0.